The number of carbonyl (C=O) groups excluding carboxylic acids is 1. The Balaban J connectivity index is 1.57. The third-order valence-electron chi connectivity index (χ3n) is 4.24. The third kappa shape index (κ3) is 4.35. The van der Waals surface area contributed by atoms with E-state index in [0.29, 0.717) is 16.5 Å². The molecule has 24 heavy (non-hydrogen) atoms. The van der Waals surface area contributed by atoms with Crippen LogP contribution in [0.25, 0.3) is 0 Å². The highest BCUT2D eigenvalue weighted by atomic mass is 79.9. The summed E-state index contributed by atoms with van der Waals surface area (Å²) in [7, 11) is 0. The molecule has 1 amide bonds. The number of hydrogen-bond donors (Lipinski definition) is 1. The largest absolute Gasteiger partial charge is 0.371 e. The molecule has 0 bridgehead atoms. The fraction of sp³-hybridized carbons (Fsp3) is 0.316. The van der Waals surface area contributed by atoms with Gasteiger partial charge in [0.25, 0.3) is 0 Å². The van der Waals surface area contributed by atoms with E-state index in [9.17, 15) is 9.18 Å². The monoisotopic (exact) mass is 390 g/mol. The van der Waals surface area contributed by atoms with Gasteiger partial charge in [-0.2, -0.15) is 0 Å². The van der Waals surface area contributed by atoms with E-state index < -0.39 is 0 Å². The lowest BCUT2D eigenvalue weighted by atomic mass is 10.1. The summed E-state index contributed by atoms with van der Waals surface area (Å²) in [6, 6.07) is 12.8. The summed E-state index contributed by atoms with van der Waals surface area (Å²) in [5.41, 5.74) is 2.49. The highest BCUT2D eigenvalue weighted by molar-refractivity contribution is 9.10. The van der Waals surface area contributed by atoms with Crippen LogP contribution in [0.5, 0.6) is 0 Å². The normalized spacial score (nSPS) is 14.0. The number of aryl methyl sites for hydroxylation is 1. The van der Waals surface area contributed by atoms with Gasteiger partial charge >= 0.3 is 0 Å². The van der Waals surface area contributed by atoms with E-state index >= 15 is 0 Å². The van der Waals surface area contributed by atoms with Crippen LogP contribution in [0.4, 0.5) is 15.8 Å². The molecule has 126 valence electrons. The van der Waals surface area contributed by atoms with Crippen LogP contribution >= 0.6 is 15.9 Å². The first-order valence-electron chi connectivity index (χ1n) is 8.20. The third-order valence-corrected chi connectivity index (χ3v) is 4.73. The molecule has 3 rings (SSSR count). The lowest BCUT2D eigenvalue weighted by Gasteiger charge is -2.18. The van der Waals surface area contributed by atoms with Crippen LogP contribution in [0.3, 0.4) is 0 Å². The van der Waals surface area contributed by atoms with Crippen LogP contribution in [-0.2, 0) is 11.2 Å². The van der Waals surface area contributed by atoms with Crippen LogP contribution in [0.2, 0.25) is 0 Å². The highest BCUT2D eigenvalue weighted by Gasteiger charge is 2.13. The number of amides is 1. The standard InChI is InChI=1S/C19H20BrFN2O/c20-15-8-6-14(18(21)12-15)7-9-19(24)22-16-4-3-5-17(13-16)23-10-1-2-11-23/h3-6,8,12-13H,1-2,7,9-11H2,(H,22,24). The zero-order valence-electron chi connectivity index (χ0n) is 13.4. The summed E-state index contributed by atoms with van der Waals surface area (Å²) >= 11 is 3.23. The average molecular weight is 391 g/mol. The molecule has 0 spiro atoms. The van der Waals surface area contributed by atoms with Gasteiger partial charge in [0.2, 0.25) is 5.91 Å². The molecule has 0 saturated carbocycles. The Hall–Kier alpha value is -1.88. The van der Waals surface area contributed by atoms with Crippen LogP contribution in [0.15, 0.2) is 46.9 Å². The fourth-order valence-electron chi connectivity index (χ4n) is 2.95. The summed E-state index contributed by atoms with van der Waals surface area (Å²) in [6.07, 6.45) is 3.08. The van der Waals surface area contributed by atoms with Crippen molar-refractivity contribution >= 4 is 33.2 Å². The van der Waals surface area contributed by atoms with Gasteiger partial charge in [-0.25, -0.2) is 4.39 Å². The maximum Gasteiger partial charge on any atom is 0.224 e. The van der Waals surface area contributed by atoms with E-state index in [1.54, 1.807) is 12.1 Å². The molecule has 1 aliphatic rings. The minimum atomic E-state index is -0.284. The van der Waals surface area contributed by atoms with E-state index in [1.165, 1.54) is 18.9 Å². The van der Waals surface area contributed by atoms with Gasteiger partial charge in [0.15, 0.2) is 0 Å². The van der Waals surface area contributed by atoms with Gasteiger partial charge in [-0.15, -0.1) is 0 Å². The second-order valence-electron chi connectivity index (χ2n) is 6.03. The van der Waals surface area contributed by atoms with E-state index in [1.807, 2.05) is 18.2 Å². The SMILES string of the molecule is O=C(CCc1ccc(Br)cc1F)Nc1cccc(N2CCCC2)c1. The molecule has 0 atom stereocenters. The number of anilines is 2. The van der Waals surface area contributed by atoms with Gasteiger partial charge in [0.05, 0.1) is 0 Å². The summed E-state index contributed by atoms with van der Waals surface area (Å²) < 4.78 is 14.5. The lowest BCUT2D eigenvalue weighted by Crippen LogP contribution is -2.18. The fourth-order valence-corrected chi connectivity index (χ4v) is 3.28. The molecule has 1 N–H and O–H groups in total. The zero-order valence-corrected chi connectivity index (χ0v) is 15.0. The van der Waals surface area contributed by atoms with Gasteiger partial charge in [-0.3, -0.25) is 4.79 Å². The van der Waals surface area contributed by atoms with Crippen molar-refractivity contribution < 1.29 is 9.18 Å². The number of hydrogen-bond acceptors (Lipinski definition) is 2. The Morgan fingerprint density at radius 2 is 1.96 bits per heavy atom. The predicted octanol–water partition coefficient (Wildman–Crippen LogP) is 4.76. The maximum absolute atomic E-state index is 13.8. The molecule has 0 aliphatic carbocycles. The van der Waals surface area contributed by atoms with Crippen molar-refractivity contribution in [2.24, 2.45) is 0 Å². The van der Waals surface area contributed by atoms with Gasteiger partial charge in [0.1, 0.15) is 5.82 Å². The van der Waals surface area contributed by atoms with Crippen molar-refractivity contribution in [2.45, 2.75) is 25.7 Å². The number of benzene rings is 2. The second kappa shape index (κ2) is 7.79. The number of nitrogens with one attached hydrogen (secondary N) is 1. The highest BCUT2D eigenvalue weighted by Crippen LogP contribution is 2.23. The first-order chi connectivity index (χ1) is 11.6. The summed E-state index contributed by atoms with van der Waals surface area (Å²) in [5.74, 6) is -0.385. The second-order valence-corrected chi connectivity index (χ2v) is 6.94. The molecule has 3 nitrogen and oxygen atoms in total. The Labute approximate surface area is 150 Å². The number of rotatable bonds is 5. The molecule has 1 fully saturated rings. The van der Waals surface area contributed by atoms with Crippen LogP contribution in [0, 0.1) is 5.82 Å². The Bertz CT molecular complexity index is 729. The number of carbonyl (C=O) groups is 1. The lowest BCUT2D eigenvalue weighted by molar-refractivity contribution is -0.116. The quantitative estimate of drug-likeness (QED) is 0.797. The van der Waals surface area contributed by atoms with E-state index in [4.69, 9.17) is 0 Å². The molecule has 0 aromatic heterocycles. The number of nitrogens with zero attached hydrogens (tertiary/aromatic N) is 1. The molecular weight excluding hydrogens is 371 g/mol. The molecule has 1 aliphatic heterocycles. The molecule has 5 heteroatoms. The molecule has 2 aromatic rings. The van der Waals surface area contributed by atoms with Gasteiger partial charge in [-0.1, -0.05) is 28.1 Å². The van der Waals surface area contributed by atoms with E-state index in [-0.39, 0.29) is 18.1 Å². The molecule has 1 saturated heterocycles. The van der Waals surface area contributed by atoms with Crippen molar-refractivity contribution in [3.63, 3.8) is 0 Å². The summed E-state index contributed by atoms with van der Waals surface area (Å²) in [4.78, 5) is 14.5. The molecule has 2 aromatic carbocycles. The Morgan fingerprint density at radius 3 is 2.71 bits per heavy atom. The molecule has 1 heterocycles. The molecule has 0 radical (unpaired) electrons. The number of halogens is 2. The Kier molecular flexibility index (Phi) is 5.51. The maximum atomic E-state index is 13.8. The van der Waals surface area contributed by atoms with Crippen molar-refractivity contribution in [1.82, 2.24) is 0 Å². The first kappa shape index (κ1) is 17.0. The van der Waals surface area contributed by atoms with E-state index in [2.05, 4.69) is 32.2 Å². The van der Waals surface area contributed by atoms with Crippen LogP contribution in [0.1, 0.15) is 24.8 Å². The minimum absolute atomic E-state index is 0.101. The average Bonchev–Trinajstić information content (AvgIpc) is 3.09. The predicted molar refractivity (Wildman–Crippen MR) is 98.9 cm³/mol. The van der Waals surface area contributed by atoms with Crippen molar-refractivity contribution in [1.29, 1.82) is 0 Å². The summed E-state index contributed by atoms with van der Waals surface area (Å²) in [5, 5.41) is 2.91. The Morgan fingerprint density at radius 1 is 1.17 bits per heavy atom. The summed E-state index contributed by atoms with van der Waals surface area (Å²) in [6.45, 7) is 2.14. The topological polar surface area (TPSA) is 32.3 Å². The van der Waals surface area contributed by atoms with Gasteiger partial charge in [-0.05, 0) is 55.2 Å². The zero-order chi connectivity index (χ0) is 16.9. The van der Waals surface area contributed by atoms with Gasteiger partial charge < -0.3 is 10.2 Å². The molecule has 0 unspecified atom stereocenters. The minimum Gasteiger partial charge on any atom is -0.371 e. The first-order valence-corrected chi connectivity index (χ1v) is 9.00. The van der Waals surface area contributed by atoms with Gasteiger partial charge in [0, 0.05) is 35.4 Å². The van der Waals surface area contributed by atoms with Crippen LogP contribution in [-0.4, -0.2) is 19.0 Å². The van der Waals surface area contributed by atoms with E-state index in [0.717, 1.165) is 24.5 Å². The van der Waals surface area contributed by atoms with Crippen LogP contribution < -0.4 is 10.2 Å². The van der Waals surface area contributed by atoms with Crippen molar-refractivity contribution in [3.8, 4) is 0 Å². The van der Waals surface area contributed by atoms with Crippen molar-refractivity contribution in [2.75, 3.05) is 23.3 Å². The molecular formula is C19H20BrFN2O. The van der Waals surface area contributed by atoms with Crippen molar-refractivity contribution in [3.05, 3.63) is 58.3 Å². The smallest absolute Gasteiger partial charge is 0.224 e.